The first kappa shape index (κ1) is 9.35. The van der Waals surface area contributed by atoms with Gasteiger partial charge in [-0.2, -0.15) is 5.75 Å². The summed E-state index contributed by atoms with van der Waals surface area (Å²) in [5.41, 5.74) is 3.71. The van der Waals surface area contributed by atoms with Gasteiger partial charge in [0.05, 0.1) is 0 Å². The molecule has 0 saturated heterocycles. The van der Waals surface area contributed by atoms with E-state index in [9.17, 15) is 0 Å². The van der Waals surface area contributed by atoms with Crippen molar-refractivity contribution in [3.8, 4) is 11.1 Å². The average molecular weight is 199 g/mol. The van der Waals surface area contributed by atoms with E-state index in [2.05, 4.69) is 48.5 Å². The Kier molecular flexibility index (Phi) is 2.90. The highest BCUT2D eigenvalue weighted by atomic mass is 32.1. The van der Waals surface area contributed by atoms with Gasteiger partial charge in [-0.15, -0.1) is 0 Å². The maximum absolute atomic E-state index is 4.98. The second-order valence-electron chi connectivity index (χ2n) is 3.21. The minimum atomic E-state index is 0.690. The smallest absolute Gasteiger partial charge is 0.0184 e. The van der Waals surface area contributed by atoms with Crippen molar-refractivity contribution in [3.63, 3.8) is 0 Å². The molecule has 0 fully saturated rings. The Morgan fingerprint density at radius 2 is 1.29 bits per heavy atom. The lowest BCUT2D eigenvalue weighted by Gasteiger charge is -2.06. The van der Waals surface area contributed by atoms with Gasteiger partial charge in [-0.3, -0.25) is 0 Å². The SMILES string of the molecule is [S-]Cc1ccc(-c2ccccc2)cc1. The first-order valence-corrected chi connectivity index (χ1v) is 5.20. The van der Waals surface area contributed by atoms with Gasteiger partial charge in [0.15, 0.2) is 0 Å². The maximum atomic E-state index is 4.98. The topological polar surface area (TPSA) is 0 Å². The van der Waals surface area contributed by atoms with Crippen LogP contribution in [0.1, 0.15) is 5.56 Å². The summed E-state index contributed by atoms with van der Waals surface area (Å²) in [6.45, 7) is 0. The Balaban J connectivity index is 2.34. The van der Waals surface area contributed by atoms with Crippen molar-refractivity contribution in [2.75, 3.05) is 0 Å². The van der Waals surface area contributed by atoms with E-state index in [0.717, 1.165) is 0 Å². The van der Waals surface area contributed by atoms with E-state index in [-0.39, 0.29) is 0 Å². The van der Waals surface area contributed by atoms with Gasteiger partial charge in [0.2, 0.25) is 0 Å². The molecule has 0 amide bonds. The summed E-state index contributed by atoms with van der Waals surface area (Å²) in [5, 5.41) is 0. The van der Waals surface area contributed by atoms with Crippen molar-refractivity contribution < 1.29 is 0 Å². The molecule has 0 radical (unpaired) electrons. The monoisotopic (exact) mass is 199 g/mol. The molecular weight excluding hydrogens is 188 g/mol. The minimum absolute atomic E-state index is 0.690. The second-order valence-corrected chi connectivity index (χ2v) is 3.50. The number of hydrogen-bond acceptors (Lipinski definition) is 1. The van der Waals surface area contributed by atoms with E-state index in [0.29, 0.717) is 5.75 Å². The van der Waals surface area contributed by atoms with Crippen molar-refractivity contribution in [2.24, 2.45) is 0 Å². The Labute approximate surface area is 90.0 Å². The van der Waals surface area contributed by atoms with Crippen LogP contribution in [0.2, 0.25) is 0 Å². The Morgan fingerprint density at radius 1 is 0.714 bits per heavy atom. The van der Waals surface area contributed by atoms with Crippen LogP contribution in [-0.2, 0) is 18.4 Å². The van der Waals surface area contributed by atoms with Gasteiger partial charge in [-0.05, 0) is 11.1 Å². The van der Waals surface area contributed by atoms with Gasteiger partial charge in [0, 0.05) is 0 Å². The van der Waals surface area contributed by atoms with Crippen LogP contribution in [0, 0.1) is 0 Å². The fraction of sp³-hybridized carbons (Fsp3) is 0.0769. The summed E-state index contributed by atoms with van der Waals surface area (Å²) in [7, 11) is 0. The van der Waals surface area contributed by atoms with E-state index in [1.165, 1.54) is 16.7 Å². The molecule has 0 nitrogen and oxygen atoms in total. The lowest BCUT2D eigenvalue weighted by molar-refractivity contribution is 1.42. The first-order valence-electron chi connectivity index (χ1n) is 4.62. The van der Waals surface area contributed by atoms with Crippen LogP contribution in [-0.4, -0.2) is 0 Å². The van der Waals surface area contributed by atoms with Crippen molar-refractivity contribution in [3.05, 3.63) is 60.2 Å². The average Bonchev–Trinajstić information content (AvgIpc) is 2.30. The standard InChI is InChI=1S/C13H12S/c14-10-11-6-8-13(9-7-11)12-4-2-1-3-5-12/h1-9,14H,10H2/p-1. The number of benzene rings is 2. The lowest BCUT2D eigenvalue weighted by atomic mass is 10.0. The molecular formula is C13H11S-. The molecule has 0 saturated carbocycles. The maximum Gasteiger partial charge on any atom is -0.0184 e. The fourth-order valence-electron chi connectivity index (χ4n) is 1.42. The van der Waals surface area contributed by atoms with Crippen LogP contribution in [0.5, 0.6) is 0 Å². The summed E-state index contributed by atoms with van der Waals surface area (Å²) < 4.78 is 0. The second kappa shape index (κ2) is 4.34. The minimum Gasteiger partial charge on any atom is -0.788 e. The molecule has 0 N–H and O–H groups in total. The molecule has 2 aromatic rings. The number of hydrogen-bond donors (Lipinski definition) is 0. The highest BCUT2D eigenvalue weighted by Gasteiger charge is 1.94. The van der Waals surface area contributed by atoms with E-state index in [1.54, 1.807) is 0 Å². The van der Waals surface area contributed by atoms with Crippen molar-refractivity contribution in [2.45, 2.75) is 5.75 Å². The Hall–Kier alpha value is -1.21. The van der Waals surface area contributed by atoms with Gasteiger partial charge in [0.25, 0.3) is 0 Å². The molecule has 0 unspecified atom stereocenters. The molecule has 0 heterocycles. The lowest BCUT2D eigenvalue weighted by Crippen LogP contribution is -1.81. The summed E-state index contributed by atoms with van der Waals surface area (Å²) >= 11 is 4.98. The van der Waals surface area contributed by atoms with E-state index >= 15 is 0 Å². The molecule has 2 aromatic carbocycles. The van der Waals surface area contributed by atoms with E-state index < -0.39 is 0 Å². The first-order chi connectivity index (χ1) is 6.90. The third kappa shape index (κ3) is 1.99. The normalized spacial score (nSPS) is 10.1. The van der Waals surface area contributed by atoms with Gasteiger partial charge in [-0.1, -0.05) is 60.2 Å². The summed E-state index contributed by atoms with van der Waals surface area (Å²) in [5.74, 6) is 0.690. The highest BCUT2D eigenvalue weighted by Crippen LogP contribution is 2.18. The highest BCUT2D eigenvalue weighted by molar-refractivity contribution is 7.57. The van der Waals surface area contributed by atoms with Crippen molar-refractivity contribution in [1.29, 1.82) is 0 Å². The van der Waals surface area contributed by atoms with Crippen LogP contribution < -0.4 is 0 Å². The van der Waals surface area contributed by atoms with E-state index in [1.807, 2.05) is 6.07 Å². The molecule has 0 aliphatic rings. The van der Waals surface area contributed by atoms with Gasteiger partial charge in [0.1, 0.15) is 0 Å². The summed E-state index contributed by atoms with van der Waals surface area (Å²) in [4.78, 5) is 0. The molecule has 70 valence electrons. The third-order valence-corrected chi connectivity index (χ3v) is 2.56. The largest absolute Gasteiger partial charge is 0.788 e. The molecule has 14 heavy (non-hydrogen) atoms. The predicted octanol–water partition coefficient (Wildman–Crippen LogP) is 3.40. The molecule has 0 aliphatic carbocycles. The third-order valence-electron chi connectivity index (χ3n) is 2.23. The van der Waals surface area contributed by atoms with Crippen molar-refractivity contribution >= 4 is 12.6 Å². The van der Waals surface area contributed by atoms with Crippen LogP contribution in [0.4, 0.5) is 0 Å². The molecule has 0 aromatic heterocycles. The van der Waals surface area contributed by atoms with Crippen LogP contribution in [0.3, 0.4) is 0 Å². The zero-order valence-corrected chi connectivity index (χ0v) is 8.63. The van der Waals surface area contributed by atoms with Crippen molar-refractivity contribution in [1.82, 2.24) is 0 Å². The van der Waals surface area contributed by atoms with Crippen LogP contribution in [0.25, 0.3) is 11.1 Å². The molecule has 0 spiro atoms. The molecule has 0 aliphatic heterocycles. The molecule has 1 heteroatoms. The quantitative estimate of drug-likeness (QED) is 0.668. The molecule has 2 rings (SSSR count). The number of rotatable bonds is 2. The van der Waals surface area contributed by atoms with Gasteiger partial charge < -0.3 is 12.6 Å². The zero-order chi connectivity index (χ0) is 9.80. The predicted molar refractivity (Wildman–Crippen MR) is 62.9 cm³/mol. The summed E-state index contributed by atoms with van der Waals surface area (Å²) in [6, 6.07) is 18.8. The zero-order valence-electron chi connectivity index (χ0n) is 7.81. The fourth-order valence-corrected chi connectivity index (χ4v) is 1.62. The molecule has 0 bridgehead atoms. The Bertz CT molecular complexity index is 389. The van der Waals surface area contributed by atoms with E-state index in [4.69, 9.17) is 12.6 Å². The van der Waals surface area contributed by atoms with Crippen LogP contribution >= 0.6 is 0 Å². The summed E-state index contributed by atoms with van der Waals surface area (Å²) in [6.07, 6.45) is 0. The van der Waals surface area contributed by atoms with Gasteiger partial charge in [-0.25, -0.2) is 0 Å². The van der Waals surface area contributed by atoms with Crippen LogP contribution in [0.15, 0.2) is 54.6 Å². The Morgan fingerprint density at radius 3 is 1.86 bits per heavy atom. The van der Waals surface area contributed by atoms with Gasteiger partial charge >= 0.3 is 0 Å². The molecule has 0 atom stereocenters.